The van der Waals surface area contributed by atoms with Crippen LogP contribution >= 0.6 is 0 Å². The van der Waals surface area contributed by atoms with Crippen LogP contribution in [0.4, 0.5) is 5.95 Å². The number of para-hydroxylation sites is 1. The standard InChI is InChI=1S/C18H23N5O4/c1-10-13(16(24)27-18(2,3)4)14(23-17(19-10)20-21-22-23)11-8-7-9-12(25-5)15(11)26-6/h7-9,14H,1-6H3,(H,19,20,22). The summed E-state index contributed by atoms with van der Waals surface area (Å²) in [5.41, 5.74) is 1.05. The second-order valence-corrected chi connectivity index (χ2v) is 7.10. The van der Waals surface area contributed by atoms with Crippen LogP contribution < -0.4 is 14.8 Å². The van der Waals surface area contributed by atoms with Crippen LogP contribution in [0.1, 0.15) is 39.3 Å². The number of nitrogens with zero attached hydrogens (tertiary/aromatic N) is 4. The molecule has 0 saturated heterocycles. The lowest BCUT2D eigenvalue weighted by Crippen LogP contribution is -2.33. The highest BCUT2D eigenvalue weighted by atomic mass is 16.6. The molecule has 3 rings (SSSR count). The molecule has 9 heteroatoms. The van der Waals surface area contributed by atoms with Crippen molar-refractivity contribution in [2.24, 2.45) is 0 Å². The molecular formula is C18H23N5O4. The summed E-state index contributed by atoms with van der Waals surface area (Å²) in [4.78, 5) is 13.0. The summed E-state index contributed by atoms with van der Waals surface area (Å²) in [6, 6.07) is 4.83. The number of aromatic nitrogens is 4. The van der Waals surface area contributed by atoms with Crippen molar-refractivity contribution < 1.29 is 19.0 Å². The Kier molecular flexibility index (Phi) is 4.77. The van der Waals surface area contributed by atoms with E-state index in [4.69, 9.17) is 14.2 Å². The number of carbonyl (C=O) groups excluding carboxylic acids is 1. The maximum absolute atomic E-state index is 13.0. The number of allylic oxidation sites excluding steroid dienone is 1. The number of tetrazole rings is 1. The van der Waals surface area contributed by atoms with E-state index in [1.807, 2.05) is 32.9 Å². The van der Waals surface area contributed by atoms with Gasteiger partial charge < -0.3 is 19.5 Å². The molecule has 1 aromatic carbocycles. The summed E-state index contributed by atoms with van der Waals surface area (Å²) >= 11 is 0. The van der Waals surface area contributed by atoms with Gasteiger partial charge in [0.05, 0.1) is 19.8 Å². The van der Waals surface area contributed by atoms with E-state index in [0.29, 0.717) is 34.3 Å². The van der Waals surface area contributed by atoms with Gasteiger partial charge in [-0.2, -0.15) is 4.68 Å². The van der Waals surface area contributed by atoms with Crippen LogP contribution in [0.15, 0.2) is 29.5 Å². The average Bonchev–Trinajstić information content (AvgIpc) is 3.05. The summed E-state index contributed by atoms with van der Waals surface area (Å²) in [6.45, 7) is 7.25. The topological polar surface area (TPSA) is 100 Å². The van der Waals surface area contributed by atoms with Crippen molar-refractivity contribution in [2.45, 2.75) is 39.3 Å². The van der Waals surface area contributed by atoms with Gasteiger partial charge in [0.15, 0.2) is 11.5 Å². The summed E-state index contributed by atoms with van der Waals surface area (Å²) in [6.07, 6.45) is 0. The minimum atomic E-state index is -0.645. The van der Waals surface area contributed by atoms with Crippen molar-refractivity contribution in [3.63, 3.8) is 0 Å². The van der Waals surface area contributed by atoms with Crippen LogP contribution in [-0.4, -0.2) is 46.0 Å². The van der Waals surface area contributed by atoms with Gasteiger partial charge in [0.2, 0.25) is 5.95 Å². The smallest absolute Gasteiger partial charge is 0.338 e. The molecule has 1 atom stereocenters. The average molecular weight is 373 g/mol. The van der Waals surface area contributed by atoms with Crippen molar-refractivity contribution >= 4 is 11.9 Å². The van der Waals surface area contributed by atoms with Crippen molar-refractivity contribution in [2.75, 3.05) is 19.5 Å². The Balaban J connectivity index is 2.20. The highest BCUT2D eigenvalue weighted by Crippen LogP contribution is 2.42. The first-order valence-electron chi connectivity index (χ1n) is 8.46. The molecule has 2 heterocycles. The lowest BCUT2D eigenvalue weighted by Gasteiger charge is -2.30. The minimum Gasteiger partial charge on any atom is -0.493 e. The lowest BCUT2D eigenvalue weighted by atomic mass is 9.94. The number of rotatable bonds is 4. The molecule has 9 nitrogen and oxygen atoms in total. The predicted octanol–water partition coefficient (Wildman–Crippen LogP) is 2.32. The number of carbonyl (C=O) groups is 1. The quantitative estimate of drug-likeness (QED) is 0.815. The Bertz CT molecular complexity index is 897. The van der Waals surface area contributed by atoms with Gasteiger partial charge in [-0.1, -0.05) is 17.2 Å². The van der Waals surface area contributed by atoms with Gasteiger partial charge in [0, 0.05) is 11.3 Å². The minimum absolute atomic E-state index is 0.399. The zero-order chi connectivity index (χ0) is 19.8. The zero-order valence-electron chi connectivity index (χ0n) is 16.2. The Morgan fingerprint density at radius 3 is 2.59 bits per heavy atom. The number of hydrogen-bond acceptors (Lipinski definition) is 8. The Labute approximate surface area is 157 Å². The summed E-state index contributed by atoms with van der Waals surface area (Å²) < 4.78 is 18.1. The fraction of sp³-hybridized carbons (Fsp3) is 0.444. The first-order valence-corrected chi connectivity index (χ1v) is 8.46. The summed E-state index contributed by atoms with van der Waals surface area (Å²) in [7, 11) is 3.11. The van der Waals surface area contributed by atoms with Crippen LogP contribution in [0.25, 0.3) is 0 Å². The van der Waals surface area contributed by atoms with Gasteiger partial charge in [0.1, 0.15) is 11.6 Å². The van der Waals surface area contributed by atoms with Gasteiger partial charge in [-0.05, 0) is 44.2 Å². The maximum atomic E-state index is 13.0. The summed E-state index contributed by atoms with van der Waals surface area (Å²) in [5, 5.41) is 14.8. The van der Waals surface area contributed by atoms with Crippen LogP contribution in [0.5, 0.6) is 11.5 Å². The molecule has 2 aromatic rings. The highest BCUT2D eigenvalue weighted by Gasteiger charge is 2.38. The van der Waals surface area contributed by atoms with E-state index in [0.717, 1.165) is 0 Å². The van der Waals surface area contributed by atoms with E-state index < -0.39 is 17.6 Å². The van der Waals surface area contributed by atoms with E-state index in [-0.39, 0.29) is 0 Å². The number of nitrogens with one attached hydrogen (secondary N) is 1. The monoisotopic (exact) mass is 373 g/mol. The molecule has 1 N–H and O–H groups in total. The van der Waals surface area contributed by atoms with Gasteiger partial charge in [-0.3, -0.25) is 0 Å². The molecular weight excluding hydrogens is 350 g/mol. The third-order valence-electron chi connectivity index (χ3n) is 4.06. The van der Waals surface area contributed by atoms with Gasteiger partial charge in [-0.25, -0.2) is 4.79 Å². The first-order chi connectivity index (χ1) is 12.8. The summed E-state index contributed by atoms with van der Waals surface area (Å²) in [5.74, 6) is 1.02. The highest BCUT2D eigenvalue weighted by molar-refractivity contribution is 5.93. The number of ether oxygens (including phenoxy) is 3. The zero-order valence-corrected chi connectivity index (χ0v) is 16.2. The van der Waals surface area contributed by atoms with Crippen LogP contribution in [0.3, 0.4) is 0 Å². The number of hydrogen-bond donors (Lipinski definition) is 1. The SMILES string of the molecule is COc1cccc(C2C(C(=O)OC(C)(C)C)=C(C)Nc3nnnn32)c1OC. The molecule has 0 radical (unpaired) electrons. The molecule has 0 spiro atoms. The molecule has 0 bridgehead atoms. The van der Waals surface area contributed by atoms with Crippen molar-refractivity contribution in [3.8, 4) is 11.5 Å². The second-order valence-electron chi connectivity index (χ2n) is 7.10. The van der Waals surface area contributed by atoms with Crippen LogP contribution in [-0.2, 0) is 9.53 Å². The van der Waals surface area contributed by atoms with E-state index in [9.17, 15) is 4.79 Å². The Morgan fingerprint density at radius 1 is 1.22 bits per heavy atom. The maximum Gasteiger partial charge on any atom is 0.338 e. The van der Waals surface area contributed by atoms with Gasteiger partial charge >= 0.3 is 5.97 Å². The number of esters is 1. The predicted molar refractivity (Wildman–Crippen MR) is 97.7 cm³/mol. The number of methoxy groups -OCH3 is 2. The molecule has 27 heavy (non-hydrogen) atoms. The van der Waals surface area contributed by atoms with Gasteiger partial charge in [-0.15, -0.1) is 0 Å². The van der Waals surface area contributed by atoms with E-state index >= 15 is 0 Å². The van der Waals surface area contributed by atoms with Crippen LogP contribution in [0, 0.1) is 0 Å². The Morgan fingerprint density at radius 2 is 1.96 bits per heavy atom. The fourth-order valence-corrected chi connectivity index (χ4v) is 3.02. The molecule has 1 unspecified atom stereocenters. The number of fused-ring (bicyclic) bond motifs is 1. The van der Waals surface area contributed by atoms with Crippen molar-refractivity contribution in [1.82, 2.24) is 20.2 Å². The molecule has 0 fully saturated rings. The molecule has 1 aliphatic heterocycles. The normalized spacial score (nSPS) is 16.4. The fourth-order valence-electron chi connectivity index (χ4n) is 3.02. The number of benzene rings is 1. The van der Waals surface area contributed by atoms with Crippen molar-refractivity contribution in [1.29, 1.82) is 0 Å². The lowest BCUT2D eigenvalue weighted by molar-refractivity contribution is -0.150. The van der Waals surface area contributed by atoms with Crippen molar-refractivity contribution in [3.05, 3.63) is 35.0 Å². The Hall–Kier alpha value is -3.10. The van der Waals surface area contributed by atoms with Gasteiger partial charge in [0.25, 0.3) is 0 Å². The van der Waals surface area contributed by atoms with E-state index in [1.165, 1.54) is 4.68 Å². The second kappa shape index (κ2) is 6.90. The number of anilines is 1. The molecule has 0 amide bonds. The van der Waals surface area contributed by atoms with Crippen LogP contribution in [0.2, 0.25) is 0 Å². The third-order valence-corrected chi connectivity index (χ3v) is 4.06. The van der Waals surface area contributed by atoms with E-state index in [2.05, 4.69) is 20.8 Å². The largest absolute Gasteiger partial charge is 0.493 e. The molecule has 1 aromatic heterocycles. The third kappa shape index (κ3) is 3.44. The molecule has 1 aliphatic rings. The first kappa shape index (κ1) is 18.7. The molecule has 0 saturated carbocycles. The molecule has 0 aliphatic carbocycles. The van der Waals surface area contributed by atoms with E-state index in [1.54, 1.807) is 27.2 Å². The molecule has 144 valence electrons.